The van der Waals surface area contributed by atoms with E-state index in [0.29, 0.717) is 38.0 Å². The smallest absolute Gasteiger partial charge is 0.257 e. The van der Waals surface area contributed by atoms with E-state index in [1.54, 1.807) is 24.3 Å². The summed E-state index contributed by atoms with van der Waals surface area (Å²) in [6.07, 6.45) is 0. The molecule has 0 saturated carbocycles. The fourth-order valence-corrected chi connectivity index (χ4v) is 4.17. The third kappa shape index (κ3) is 5.15. The van der Waals surface area contributed by atoms with Crippen molar-refractivity contribution in [2.45, 2.75) is 0 Å². The summed E-state index contributed by atoms with van der Waals surface area (Å²) in [5, 5.41) is 33.3. The highest BCUT2D eigenvalue weighted by molar-refractivity contribution is 7.18. The SMILES string of the molecule is N#Cc1cccc(NC(=O)c2ccc(C(=O)Nc3nnc(-c4cc(Cl)cc(Cl)c4O)s3)cc2)c1. The maximum Gasteiger partial charge on any atom is 0.257 e. The van der Waals surface area contributed by atoms with Crippen molar-refractivity contribution in [3.8, 4) is 22.4 Å². The van der Waals surface area contributed by atoms with Crippen LogP contribution in [0.5, 0.6) is 5.75 Å². The molecule has 0 aliphatic heterocycles. The largest absolute Gasteiger partial charge is 0.506 e. The van der Waals surface area contributed by atoms with Crippen LogP contribution in [0.4, 0.5) is 10.8 Å². The number of nitrogens with zero attached hydrogens (tertiary/aromatic N) is 3. The summed E-state index contributed by atoms with van der Waals surface area (Å²) in [5.74, 6) is -1.02. The Balaban J connectivity index is 1.44. The minimum absolute atomic E-state index is 0.0742. The van der Waals surface area contributed by atoms with Gasteiger partial charge in [0.25, 0.3) is 11.8 Å². The number of hydrogen-bond donors (Lipinski definition) is 3. The molecule has 0 bridgehead atoms. The molecule has 3 N–H and O–H groups in total. The molecule has 11 heteroatoms. The average Bonchev–Trinajstić information content (AvgIpc) is 3.29. The maximum absolute atomic E-state index is 12.6. The molecule has 0 aliphatic carbocycles. The Morgan fingerprint density at radius 2 is 1.62 bits per heavy atom. The lowest BCUT2D eigenvalue weighted by atomic mass is 10.1. The molecular weight excluding hydrogens is 497 g/mol. The van der Waals surface area contributed by atoms with E-state index in [2.05, 4.69) is 20.8 Å². The van der Waals surface area contributed by atoms with Crippen molar-refractivity contribution >= 4 is 57.2 Å². The molecular formula is C23H13Cl2N5O3S. The number of amides is 2. The van der Waals surface area contributed by atoms with Crippen LogP contribution in [0, 0.1) is 11.3 Å². The molecule has 0 fully saturated rings. The van der Waals surface area contributed by atoms with Gasteiger partial charge in [-0.2, -0.15) is 5.26 Å². The Morgan fingerprint density at radius 3 is 2.29 bits per heavy atom. The molecule has 0 atom stereocenters. The first kappa shape index (κ1) is 23.2. The number of nitrogens with one attached hydrogen (secondary N) is 2. The van der Waals surface area contributed by atoms with Crippen molar-refractivity contribution in [2.24, 2.45) is 0 Å². The van der Waals surface area contributed by atoms with Gasteiger partial charge in [-0.3, -0.25) is 14.9 Å². The number of aromatic hydroxyl groups is 1. The predicted octanol–water partition coefficient (Wildman–Crippen LogP) is 5.59. The molecule has 8 nitrogen and oxygen atoms in total. The Hall–Kier alpha value is -3.97. The number of phenols is 1. The molecule has 4 aromatic rings. The molecule has 34 heavy (non-hydrogen) atoms. The van der Waals surface area contributed by atoms with E-state index in [0.717, 1.165) is 11.3 Å². The predicted molar refractivity (Wildman–Crippen MR) is 131 cm³/mol. The number of benzene rings is 3. The standard InChI is InChI=1S/C23H13Cl2N5O3S/c24-15-9-17(19(31)18(25)10-15)22-29-30-23(34-22)28-21(33)14-6-4-13(5-7-14)20(32)27-16-3-1-2-12(8-16)11-26/h1-10,31H,(H,27,32)(H,28,30,33). The summed E-state index contributed by atoms with van der Waals surface area (Å²) >= 11 is 13.0. The van der Waals surface area contributed by atoms with E-state index in [4.69, 9.17) is 28.5 Å². The lowest BCUT2D eigenvalue weighted by molar-refractivity contribution is 0.101. The zero-order chi connectivity index (χ0) is 24.2. The van der Waals surface area contributed by atoms with Gasteiger partial charge in [0.1, 0.15) is 5.75 Å². The number of halogens is 2. The minimum Gasteiger partial charge on any atom is -0.506 e. The quantitative estimate of drug-likeness (QED) is 0.321. The number of carbonyl (C=O) groups is 2. The number of phenolic OH excluding ortho intramolecular Hbond substituents is 1. The zero-order valence-corrected chi connectivity index (χ0v) is 19.4. The highest BCUT2D eigenvalue weighted by Gasteiger charge is 2.17. The highest BCUT2D eigenvalue weighted by Crippen LogP contribution is 2.39. The fourth-order valence-electron chi connectivity index (χ4n) is 2.92. The third-order valence-corrected chi connectivity index (χ3v) is 5.94. The van der Waals surface area contributed by atoms with Gasteiger partial charge in [0.15, 0.2) is 5.01 Å². The van der Waals surface area contributed by atoms with Gasteiger partial charge in [0.05, 0.1) is 22.2 Å². The van der Waals surface area contributed by atoms with E-state index >= 15 is 0 Å². The van der Waals surface area contributed by atoms with Gasteiger partial charge < -0.3 is 10.4 Å². The molecule has 0 saturated heterocycles. The van der Waals surface area contributed by atoms with Crippen LogP contribution in [-0.2, 0) is 0 Å². The summed E-state index contributed by atoms with van der Waals surface area (Å²) < 4.78 is 0. The second-order valence-corrected chi connectivity index (χ2v) is 8.70. The summed E-state index contributed by atoms with van der Waals surface area (Å²) in [6.45, 7) is 0. The van der Waals surface area contributed by atoms with Gasteiger partial charge in [-0.15, -0.1) is 10.2 Å². The second-order valence-electron chi connectivity index (χ2n) is 6.87. The van der Waals surface area contributed by atoms with Crippen LogP contribution in [0.3, 0.4) is 0 Å². The van der Waals surface area contributed by atoms with Crippen LogP contribution in [-0.4, -0.2) is 27.1 Å². The second kappa shape index (κ2) is 9.89. The van der Waals surface area contributed by atoms with Gasteiger partial charge in [0, 0.05) is 21.8 Å². The summed E-state index contributed by atoms with van der Waals surface area (Å²) in [7, 11) is 0. The zero-order valence-electron chi connectivity index (χ0n) is 17.0. The van der Waals surface area contributed by atoms with Crippen molar-refractivity contribution in [3.05, 3.63) is 87.4 Å². The fraction of sp³-hybridized carbons (Fsp3) is 0. The van der Waals surface area contributed by atoms with E-state index in [9.17, 15) is 14.7 Å². The van der Waals surface area contributed by atoms with Gasteiger partial charge >= 0.3 is 0 Å². The Morgan fingerprint density at radius 1 is 0.941 bits per heavy atom. The molecule has 0 spiro atoms. The van der Waals surface area contributed by atoms with E-state index in [1.807, 2.05) is 6.07 Å². The first-order valence-corrected chi connectivity index (χ1v) is 11.2. The summed E-state index contributed by atoms with van der Waals surface area (Å²) in [6, 6.07) is 17.5. The van der Waals surface area contributed by atoms with Crippen LogP contribution in [0.1, 0.15) is 26.3 Å². The molecule has 1 heterocycles. The first-order valence-electron chi connectivity index (χ1n) is 9.59. The van der Waals surface area contributed by atoms with Crippen LogP contribution in [0.2, 0.25) is 10.0 Å². The Kier molecular flexibility index (Phi) is 6.75. The van der Waals surface area contributed by atoms with Crippen molar-refractivity contribution < 1.29 is 14.7 Å². The van der Waals surface area contributed by atoms with Crippen LogP contribution >= 0.6 is 34.5 Å². The first-order chi connectivity index (χ1) is 16.3. The van der Waals surface area contributed by atoms with Crippen molar-refractivity contribution in [1.82, 2.24) is 10.2 Å². The lowest BCUT2D eigenvalue weighted by Crippen LogP contribution is -2.14. The van der Waals surface area contributed by atoms with Crippen molar-refractivity contribution in [3.63, 3.8) is 0 Å². The third-order valence-electron chi connectivity index (χ3n) is 4.56. The topological polar surface area (TPSA) is 128 Å². The number of anilines is 2. The van der Waals surface area contributed by atoms with Gasteiger partial charge in [-0.1, -0.05) is 40.6 Å². The van der Waals surface area contributed by atoms with Gasteiger partial charge in [-0.25, -0.2) is 0 Å². The Bertz CT molecular complexity index is 1450. The number of carbonyl (C=O) groups excluding carboxylic acids is 2. The number of hydrogen-bond acceptors (Lipinski definition) is 7. The number of aromatic nitrogens is 2. The average molecular weight is 510 g/mol. The van der Waals surface area contributed by atoms with E-state index < -0.39 is 5.91 Å². The van der Waals surface area contributed by atoms with Crippen LogP contribution in [0.25, 0.3) is 10.6 Å². The molecule has 3 aromatic carbocycles. The van der Waals surface area contributed by atoms with Crippen LogP contribution < -0.4 is 10.6 Å². The van der Waals surface area contributed by atoms with E-state index in [-0.39, 0.29) is 21.8 Å². The molecule has 4 rings (SSSR count). The van der Waals surface area contributed by atoms with Crippen molar-refractivity contribution in [2.75, 3.05) is 10.6 Å². The summed E-state index contributed by atoms with van der Waals surface area (Å²) in [4.78, 5) is 25.0. The normalized spacial score (nSPS) is 10.4. The highest BCUT2D eigenvalue weighted by atomic mass is 35.5. The number of nitriles is 1. The number of rotatable bonds is 5. The summed E-state index contributed by atoms with van der Waals surface area (Å²) in [5.41, 5.74) is 1.85. The minimum atomic E-state index is -0.454. The molecule has 0 radical (unpaired) electrons. The molecule has 168 valence electrons. The molecule has 2 amide bonds. The van der Waals surface area contributed by atoms with Gasteiger partial charge in [0.2, 0.25) is 5.13 Å². The lowest BCUT2D eigenvalue weighted by Gasteiger charge is -2.06. The van der Waals surface area contributed by atoms with Crippen molar-refractivity contribution in [1.29, 1.82) is 5.26 Å². The molecule has 0 unspecified atom stereocenters. The Labute approximate surface area is 207 Å². The molecule has 0 aliphatic rings. The van der Waals surface area contributed by atoms with Crippen LogP contribution in [0.15, 0.2) is 60.7 Å². The van der Waals surface area contributed by atoms with E-state index in [1.165, 1.54) is 36.4 Å². The monoisotopic (exact) mass is 509 g/mol. The molecule has 1 aromatic heterocycles. The maximum atomic E-state index is 12.6. The van der Waals surface area contributed by atoms with Gasteiger partial charge in [-0.05, 0) is 54.6 Å².